The number of fused-ring (bicyclic) bond motifs is 1. The van der Waals surface area contributed by atoms with Gasteiger partial charge in [-0.3, -0.25) is 4.90 Å². The molecule has 0 spiro atoms. The van der Waals surface area contributed by atoms with Crippen molar-refractivity contribution in [3.8, 4) is 5.75 Å². The summed E-state index contributed by atoms with van der Waals surface area (Å²) in [6.45, 7) is 6.30. The maximum absolute atomic E-state index is 13.1. The van der Waals surface area contributed by atoms with Gasteiger partial charge in [-0.25, -0.2) is 4.39 Å². The van der Waals surface area contributed by atoms with E-state index in [9.17, 15) is 4.39 Å². The average Bonchev–Trinajstić information content (AvgIpc) is 2.73. The van der Waals surface area contributed by atoms with Crippen LogP contribution in [-0.4, -0.2) is 43.2 Å². The minimum absolute atomic E-state index is 0.169. The van der Waals surface area contributed by atoms with Crippen molar-refractivity contribution in [1.29, 1.82) is 0 Å². The molecule has 1 aromatic rings. The molecule has 1 unspecified atom stereocenters. The van der Waals surface area contributed by atoms with Gasteiger partial charge in [-0.05, 0) is 25.1 Å². The summed E-state index contributed by atoms with van der Waals surface area (Å²) in [7, 11) is 0. The van der Waals surface area contributed by atoms with Crippen molar-refractivity contribution in [3.05, 3.63) is 29.6 Å². The quantitative estimate of drug-likeness (QED) is 0.859. The molecule has 0 aromatic heterocycles. The third-order valence-electron chi connectivity index (χ3n) is 3.84. The zero-order valence-corrected chi connectivity index (χ0v) is 10.7. The molecule has 18 heavy (non-hydrogen) atoms. The van der Waals surface area contributed by atoms with Gasteiger partial charge in [-0.2, -0.15) is 0 Å². The number of rotatable bonds is 2. The van der Waals surface area contributed by atoms with Gasteiger partial charge in [0, 0.05) is 44.2 Å². The molecule has 0 bridgehead atoms. The second-order valence-corrected chi connectivity index (χ2v) is 5.24. The van der Waals surface area contributed by atoms with Gasteiger partial charge in [-0.1, -0.05) is 0 Å². The molecule has 3 nitrogen and oxygen atoms in total. The summed E-state index contributed by atoms with van der Waals surface area (Å²) in [5.74, 6) is 0.678. The molecule has 0 amide bonds. The van der Waals surface area contributed by atoms with Crippen molar-refractivity contribution in [2.45, 2.75) is 25.5 Å². The zero-order valence-electron chi connectivity index (χ0n) is 10.7. The molecule has 1 N–H and O–H groups in total. The van der Waals surface area contributed by atoms with Gasteiger partial charge in [-0.15, -0.1) is 0 Å². The topological polar surface area (TPSA) is 24.5 Å². The van der Waals surface area contributed by atoms with Gasteiger partial charge in [0.1, 0.15) is 17.7 Å². The van der Waals surface area contributed by atoms with E-state index in [1.807, 2.05) is 0 Å². The third kappa shape index (κ3) is 2.35. The minimum Gasteiger partial charge on any atom is -0.488 e. The van der Waals surface area contributed by atoms with E-state index in [1.165, 1.54) is 6.07 Å². The SMILES string of the molecule is C[C@H]1CNCCN1CC1Cc2cc(F)ccc2O1. The van der Waals surface area contributed by atoms with Crippen LogP contribution in [0.3, 0.4) is 0 Å². The van der Waals surface area contributed by atoms with Crippen LogP contribution >= 0.6 is 0 Å². The van der Waals surface area contributed by atoms with Crippen molar-refractivity contribution < 1.29 is 9.13 Å². The Morgan fingerprint density at radius 3 is 3.22 bits per heavy atom. The molecule has 4 heteroatoms. The van der Waals surface area contributed by atoms with Crippen LogP contribution in [0.4, 0.5) is 4.39 Å². The molecule has 3 rings (SSSR count). The van der Waals surface area contributed by atoms with Crippen LogP contribution in [0.1, 0.15) is 12.5 Å². The molecule has 1 aromatic carbocycles. The number of ether oxygens (including phenoxy) is 1. The lowest BCUT2D eigenvalue weighted by molar-refractivity contribution is 0.106. The number of nitrogens with zero attached hydrogens (tertiary/aromatic N) is 1. The van der Waals surface area contributed by atoms with Crippen LogP contribution in [0.15, 0.2) is 18.2 Å². The molecule has 2 atom stereocenters. The Labute approximate surface area is 107 Å². The van der Waals surface area contributed by atoms with E-state index in [-0.39, 0.29) is 11.9 Å². The van der Waals surface area contributed by atoms with Gasteiger partial charge in [0.15, 0.2) is 0 Å². The maximum Gasteiger partial charge on any atom is 0.123 e. The van der Waals surface area contributed by atoms with Crippen LogP contribution in [0.5, 0.6) is 5.75 Å². The van der Waals surface area contributed by atoms with Gasteiger partial charge >= 0.3 is 0 Å². The Morgan fingerprint density at radius 2 is 2.39 bits per heavy atom. The van der Waals surface area contributed by atoms with Crippen LogP contribution in [-0.2, 0) is 6.42 Å². The Hall–Kier alpha value is -1.13. The van der Waals surface area contributed by atoms with Gasteiger partial charge < -0.3 is 10.1 Å². The minimum atomic E-state index is -0.173. The molecule has 1 saturated heterocycles. The van der Waals surface area contributed by atoms with Crippen LogP contribution in [0.2, 0.25) is 0 Å². The maximum atomic E-state index is 13.1. The molecule has 2 heterocycles. The highest BCUT2D eigenvalue weighted by molar-refractivity contribution is 5.37. The standard InChI is InChI=1S/C14H19FN2O/c1-10-8-16-4-5-17(10)9-13-7-11-6-12(15)2-3-14(11)18-13/h2-3,6,10,13,16H,4-5,7-9H2,1H3/t10-,13?/m0/s1. The summed E-state index contributed by atoms with van der Waals surface area (Å²) >= 11 is 0. The summed E-state index contributed by atoms with van der Waals surface area (Å²) in [4.78, 5) is 2.45. The number of halogens is 1. The van der Waals surface area contributed by atoms with Crippen molar-refractivity contribution in [2.75, 3.05) is 26.2 Å². The fraction of sp³-hybridized carbons (Fsp3) is 0.571. The first-order chi connectivity index (χ1) is 8.72. The van der Waals surface area contributed by atoms with Crippen LogP contribution < -0.4 is 10.1 Å². The van der Waals surface area contributed by atoms with Crippen LogP contribution in [0, 0.1) is 5.82 Å². The smallest absolute Gasteiger partial charge is 0.123 e. The van der Waals surface area contributed by atoms with Gasteiger partial charge in [0.05, 0.1) is 0 Å². The summed E-state index contributed by atoms with van der Waals surface area (Å²) in [6.07, 6.45) is 0.992. The number of hydrogen-bond donors (Lipinski definition) is 1. The van der Waals surface area contributed by atoms with Crippen molar-refractivity contribution in [2.24, 2.45) is 0 Å². The summed E-state index contributed by atoms with van der Waals surface area (Å²) in [6, 6.07) is 5.35. The average molecular weight is 250 g/mol. The zero-order chi connectivity index (χ0) is 12.5. The highest BCUT2D eigenvalue weighted by Crippen LogP contribution is 2.29. The van der Waals surface area contributed by atoms with E-state index < -0.39 is 0 Å². The van der Waals surface area contributed by atoms with Crippen molar-refractivity contribution >= 4 is 0 Å². The first-order valence-corrected chi connectivity index (χ1v) is 6.62. The fourth-order valence-corrected chi connectivity index (χ4v) is 2.81. The fourth-order valence-electron chi connectivity index (χ4n) is 2.81. The van der Waals surface area contributed by atoms with E-state index in [0.717, 1.165) is 43.9 Å². The summed E-state index contributed by atoms with van der Waals surface area (Å²) < 4.78 is 19.0. The van der Waals surface area contributed by atoms with Crippen molar-refractivity contribution in [3.63, 3.8) is 0 Å². The highest BCUT2D eigenvalue weighted by Gasteiger charge is 2.27. The van der Waals surface area contributed by atoms with Crippen LogP contribution in [0.25, 0.3) is 0 Å². The Bertz CT molecular complexity index is 438. The predicted octanol–water partition coefficient (Wildman–Crippen LogP) is 1.42. The molecule has 1 fully saturated rings. The lowest BCUT2D eigenvalue weighted by atomic mass is 10.1. The molecule has 2 aliphatic heterocycles. The predicted molar refractivity (Wildman–Crippen MR) is 68.4 cm³/mol. The molecular weight excluding hydrogens is 231 g/mol. The number of benzene rings is 1. The molecule has 2 aliphatic rings. The lowest BCUT2D eigenvalue weighted by Gasteiger charge is -2.35. The largest absolute Gasteiger partial charge is 0.488 e. The number of piperazine rings is 1. The van der Waals surface area contributed by atoms with E-state index in [4.69, 9.17) is 4.74 Å². The van der Waals surface area contributed by atoms with E-state index in [2.05, 4.69) is 17.1 Å². The highest BCUT2D eigenvalue weighted by atomic mass is 19.1. The van der Waals surface area contributed by atoms with E-state index in [0.29, 0.717) is 6.04 Å². The Morgan fingerprint density at radius 1 is 1.50 bits per heavy atom. The summed E-state index contributed by atoms with van der Waals surface area (Å²) in [5.41, 5.74) is 1.00. The molecule has 0 saturated carbocycles. The van der Waals surface area contributed by atoms with E-state index >= 15 is 0 Å². The Balaban J connectivity index is 1.63. The summed E-state index contributed by atoms with van der Waals surface area (Å²) in [5, 5.41) is 3.38. The lowest BCUT2D eigenvalue weighted by Crippen LogP contribution is -2.52. The van der Waals surface area contributed by atoms with E-state index in [1.54, 1.807) is 12.1 Å². The molecule has 0 aliphatic carbocycles. The molecule has 0 radical (unpaired) electrons. The number of hydrogen-bond acceptors (Lipinski definition) is 3. The van der Waals surface area contributed by atoms with Gasteiger partial charge in [0.2, 0.25) is 0 Å². The third-order valence-corrected chi connectivity index (χ3v) is 3.84. The molecular formula is C14H19FN2O. The second kappa shape index (κ2) is 4.86. The Kier molecular flexibility index (Phi) is 3.22. The second-order valence-electron chi connectivity index (χ2n) is 5.24. The first kappa shape index (κ1) is 11.9. The first-order valence-electron chi connectivity index (χ1n) is 6.62. The van der Waals surface area contributed by atoms with Crippen molar-refractivity contribution in [1.82, 2.24) is 10.2 Å². The normalized spacial score (nSPS) is 27.9. The number of nitrogens with one attached hydrogen (secondary N) is 1. The van der Waals surface area contributed by atoms with Gasteiger partial charge in [0.25, 0.3) is 0 Å². The molecule has 98 valence electrons. The monoisotopic (exact) mass is 250 g/mol.